The molecule has 2 N–H and O–H groups in total. The van der Waals surface area contributed by atoms with Crippen LogP contribution in [-0.2, 0) is 5.54 Å². The highest BCUT2D eigenvalue weighted by atomic mass is 14.7. The van der Waals surface area contributed by atoms with Crippen LogP contribution in [0.3, 0.4) is 0 Å². The number of nitrogens with two attached hydrogens (primary N) is 1. The topological polar surface area (TPSA) is 38.9 Å². The number of rotatable bonds is 1. The third kappa shape index (κ3) is 2.50. The summed E-state index contributed by atoms with van der Waals surface area (Å²) in [7, 11) is 0. The van der Waals surface area contributed by atoms with Crippen molar-refractivity contribution >= 4 is 10.9 Å². The van der Waals surface area contributed by atoms with E-state index < -0.39 is 0 Å². The van der Waals surface area contributed by atoms with Crippen LogP contribution < -0.4 is 5.73 Å². The first-order chi connectivity index (χ1) is 9.17. The van der Waals surface area contributed by atoms with Gasteiger partial charge in [0.05, 0.1) is 5.52 Å². The molecule has 1 fully saturated rings. The lowest BCUT2D eigenvalue weighted by Gasteiger charge is -2.29. The van der Waals surface area contributed by atoms with E-state index >= 15 is 0 Å². The second kappa shape index (κ2) is 4.93. The van der Waals surface area contributed by atoms with Crippen LogP contribution in [0.4, 0.5) is 0 Å². The molecule has 0 bridgehead atoms. The molecule has 0 spiro atoms. The van der Waals surface area contributed by atoms with Crippen LogP contribution >= 0.6 is 0 Å². The van der Waals surface area contributed by atoms with Crippen molar-refractivity contribution in [3.8, 4) is 0 Å². The fourth-order valence-corrected chi connectivity index (χ4v) is 3.20. The van der Waals surface area contributed by atoms with Crippen molar-refractivity contribution in [2.24, 2.45) is 11.7 Å². The predicted molar refractivity (Wildman–Crippen MR) is 79.9 cm³/mol. The molecule has 2 nitrogen and oxygen atoms in total. The summed E-state index contributed by atoms with van der Waals surface area (Å²) < 4.78 is 0. The summed E-state index contributed by atoms with van der Waals surface area (Å²) in [4.78, 5) is 4.45. The van der Waals surface area contributed by atoms with Crippen molar-refractivity contribution in [2.45, 2.75) is 44.6 Å². The Morgan fingerprint density at radius 2 is 2.11 bits per heavy atom. The Kier molecular flexibility index (Phi) is 3.28. The van der Waals surface area contributed by atoms with E-state index in [0.29, 0.717) is 0 Å². The van der Waals surface area contributed by atoms with Gasteiger partial charge in [-0.3, -0.25) is 4.98 Å². The number of fused-ring (bicyclic) bond motifs is 1. The number of benzene rings is 1. The Bertz CT molecular complexity index is 578. The molecule has 19 heavy (non-hydrogen) atoms. The highest BCUT2D eigenvalue weighted by Crippen LogP contribution is 2.36. The molecule has 1 heterocycles. The summed E-state index contributed by atoms with van der Waals surface area (Å²) in [5, 5.41) is 1.19. The summed E-state index contributed by atoms with van der Waals surface area (Å²) in [6.45, 7) is 2.34. The van der Waals surface area contributed by atoms with E-state index in [1.54, 1.807) is 0 Å². The smallest absolute Gasteiger partial charge is 0.0705 e. The second-order valence-electron chi connectivity index (χ2n) is 6.10. The first kappa shape index (κ1) is 12.6. The summed E-state index contributed by atoms with van der Waals surface area (Å²) in [6.07, 6.45) is 7.81. The Hall–Kier alpha value is -1.41. The molecule has 0 saturated heterocycles. The molecular weight excluding hydrogens is 232 g/mol. The van der Waals surface area contributed by atoms with Crippen molar-refractivity contribution in [2.75, 3.05) is 0 Å². The Balaban J connectivity index is 1.97. The number of pyridine rings is 1. The zero-order valence-corrected chi connectivity index (χ0v) is 11.6. The van der Waals surface area contributed by atoms with Crippen LogP contribution in [0.15, 0.2) is 36.5 Å². The molecule has 2 heteroatoms. The quantitative estimate of drug-likeness (QED) is 0.781. The minimum Gasteiger partial charge on any atom is -0.321 e. The Labute approximate surface area is 115 Å². The highest BCUT2D eigenvalue weighted by molar-refractivity contribution is 5.79. The van der Waals surface area contributed by atoms with Crippen LogP contribution in [0, 0.1) is 5.92 Å². The van der Waals surface area contributed by atoms with Crippen LogP contribution in [0.25, 0.3) is 10.9 Å². The van der Waals surface area contributed by atoms with Crippen molar-refractivity contribution in [3.63, 3.8) is 0 Å². The maximum atomic E-state index is 6.71. The van der Waals surface area contributed by atoms with Gasteiger partial charge in [0.2, 0.25) is 0 Å². The van der Waals surface area contributed by atoms with Crippen molar-refractivity contribution < 1.29 is 0 Å². The zero-order valence-electron chi connectivity index (χ0n) is 11.6. The summed E-state index contributed by atoms with van der Waals surface area (Å²) >= 11 is 0. The molecule has 1 saturated carbocycles. The normalized spacial score (nSPS) is 28.2. The molecule has 1 aliphatic rings. The minimum atomic E-state index is -0.156. The zero-order chi connectivity index (χ0) is 13.3. The average molecular weight is 254 g/mol. The molecular formula is C17H22N2. The van der Waals surface area contributed by atoms with Crippen molar-refractivity contribution in [1.82, 2.24) is 4.98 Å². The maximum absolute atomic E-state index is 6.71. The largest absolute Gasteiger partial charge is 0.321 e. The van der Waals surface area contributed by atoms with E-state index in [2.05, 4.69) is 36.2 Å². The van der Waals surface area contributed by atoms with Gasteiger partial charge in [0.15, 0.2) is 0 Å². The fourth-order valence-electron chi connectivity index (χ4n) is 3.20. The van der Waals surface area contributed by atoms with E-state index in [4.69, 9.17) is 5.73 Å². The number of aromatic nitrogens is 1. The Morgan fingerprint density at radius 3 is 3.00 bits per heavy atom. The molecule has 1 aliphatic carbocycles. The lowest BCUT2D eigenvalue weighted by molar-refractivity contribution is 0.378. The van der Waals surface area contributed by atoms with Crippen LogP contribution in [0.5, 0.6) is 0 Å². The first-order valence-electron chi connectivity index (χ1n) is 7.31. The van der Waals surface area contributed by atoms with E-state index in [9.17, 15) is 0 Å². The van der Waals surface area contributed by atoms with Gasteiger partial charge >= 0.3 is 0 Å². The van der Waals surface area contributed by atoms with E-state index in [1.807, 2.05) is 12.3 Å². The molecule has 0 radical (unpaired) electrons. The van der Waals surface area contributed by atoms with Gasteiger partial charge in [0.25, 0.3) is 0 Å². The van der Waals surface area contributed by atoms with Crippen LogP contribution in [-0.4, -0.2) is 4.98 Å². The number of hydrogen-bond donors (Lipinski definition) is 1. The maximum Gasteiger partial charge on any atom is 0.0705 e. The molecule has 3 rings (SSSR count). The SMILES string of the molecule is CC1CCCC(N)(c2ccc3cccnc3c2)CC1. The molecule has 2 atom stereocenters. The third-order valence-electron chi connectivity index (χ3n) is 4.58. The van der Waals surface area contributed by atoms with E-state index in [1.165, 1.54) is 30.2 Å². The van der Waals surface area contributed by atoms with Gasteiger partial charge in [-0.05, 0) is 42.9 Å². The lowest BCUT2D eigenvalue weighted by Crippen LogP contribution is -2.36. The Morgan fingerprint density at radius 1 is 1.21 bits per heavy atom. The van der Waals surface area contributed by atoms with Gasteiger partial charge in [0.1, 0.15) is 0 Å². The van der Waals surface area contributed by atoms with E-state index in [0.717, 1.165) is 24.3 Å². The molecule has 2 unspecified atom stereocenters. The molecule has 0 amide bonds. The van der Waals surface area contributed by atoms with Gasteiger partial charge in [-0.25, -0.2) is 0 Å². The van der Waals surface area contributed by atoms with Gasteiger partial charge in [0, 0.05) is 17.1 Å². The minimum absolute atomic E-state index is 0.156. The standard InChI is InChI=1S/C17H22N2/c1-13-4-2-9-17(18,10-8-13)15-7-6-14-5-3-11-19-16(14)12-15/h3,5-7,11-13H,2,4,8-10,18H2,1H3. The highest BCUT2D eigenvalue weighted by Gasteiger charge is 2.30. The lowest BCUT2D eigenvalue weighted by atomic mass is 9.83. The third-order valence-corrected chi connectivity index (χ3v) is 4.58. The molecule has 100 valence electrons. The van der Waals surface area contributed by atoms with E-state index in [-0.39, 0.29) is 5.54 Å². The summed E-state index contributed by atoms with van der Waals surface area (Å²) in [5.41, 5.74) is 8.86. The van der Waals surface area contributed by atoms with Crippen LogP contribution in [0.2, 0.25) is 0 Å². The number of nitrogens with zero attached hydrogens (tertiary/aromatic N) is 1. The number of hydrogen-bond acceptors (Lipinski definition) is 2. The molecule has 0 aliphatic heterocycles. The molecule has 2 aromatic rings. The predicted octanol–water partition coefficient (Wildman–Crippen LogP) is 3.99. The summed E-state index contributed by atoms with van der Waals surface area (Å²) in [6, 6.07) is 10.6. The van der Waals surface area contributed by atoms with Gasteiger partial charge in [-0.2, -0.15) is 0 Å². The molecule has 1 aromatic heterocycles. The van der Waals surface area contributed by atoms with Gasteiger partial charge in [-0.15, -0.1) is 0 Å². The van der Waals surface area contributed by atoms with Gasteiger partial charge in [-0.1, -0.05) is 38.0 Å². The average Bonchev–Trinajstić information content (AvgIpc) is 2.61. The van der Waals surface area contributed by atoms with Crippen molar-refractivity contribution in [3.05, 3.63) is 42.1 Å². The monoisotopic (exact) mass is 254 g/mol. The summed E-state index contributed by atoms with van der Waals surface area (Å²) in [5.74, 6) is 0.809. The van der Waals surface area contributed by atoms with Crippen LogP contribution in [0.1, 0.15) is 44.6 Å². The van der Waals surface area contributed by atoms with Crippen molar-refractivity contribution in [1.29, 1.82) is 0 Å². The molecule has 1 aromatic carbocycles. The second-order valence-corrected chi connectivity index (χ2v) is 6.10. The first-order valence-corrected chi connectivity index (χ1v) is 7.31. The fraction of sp³-hybridized carbons (Fsp3) is 0.471. The van der Waals surface area contributed by atoms with Gasteiger partial charge < -0.3 is 5.73 Å².